The van der Waals surface area contributed by atoms with Gasteiger partial charge in [-0.25, -0.2) is 37.1 Å². The van der Waals surface area contributed by atoms with Gasteiger partial charge in [-0.05, 0) is 32.1 Å². The molecule has 2 aromatic heterocycles. The number of esters is 2. The Balaban J connectivity index is -0.000000487. The van der Waals surface area contributed by atoms with Gasteiger partial charge in [0.15, 0.2) is 35.9 Å². The Morgan fingerprint density at radius 3 is 1.59 bits per heavy atom. The van der Waals surface area contributed by atoms with Gasteiger partial charge < -0.3 is 24.5 Å². The smallest absolute Gasteiger partial charge is 0.340 e. The average molecular weight is 677 g/mol. The number of carbonyl (C=O) groups excluding carboxylic acids is 4. The van der Waals surface area contributed by atoms with Gasteiger partial charge in [-0.1, -0.05) is 34.6 Å². The molecule has 16 heteroatoms. The van der Waals surface area contributed by atoms with E-state index in [-0.39, 0.29) is 17.8 Å². The van der Waals surface area contributed by atoms with Crippen LogP contribution in [-0.2, 0) is 23.9 Å². The lowest BCUT2D eigenvalue weighted by atomic mass is 10.2. The summed E-state index contributed by atoms with van der Waals surface area (Å²) in [5.74, 6) is -1.84. The molecule has 0 spiro atoms. The molecule has 0 aliphatic carbocycles. The highest BCUT2D eigenvalue weighted by atomic mass is 32.1. The fraction of sp³-hybridized carbons (Fsp3) is 0.643. The quantitative estimate of drug-likeness (QED) is 0.123. The number of ether oxygens (including phenoxy) is 2. The molecule has 0 aromatic carbocycles. The predicted molar refractivity (Wildman–Crippen MR) is 161 cm³/mol. The summed E-state index contributed by atoms with van der Waals surface area (Å²) in [6.07, 6.45) is -2.46. The van der Waals surface area contributed by atoms with E-state index in [2.05, 4.69) is 19.4 Å². The number of thiazole rings is 2. The zero-order chi connectivity index (χ0) is 34.7. The number of aromatic nitrogens is 2. The lowest BCUT2D eigenvalue weighted by molar-refractivity contribution is -0.150. The van der Waals surface area contributed by atoms with Crippen LogP contribution in [0.1, 0.15) is 87.6 Å². The van der Waals surface area contributed by atoms with Crippen molar-refractivity contribution in [1.29, 1.82) is 0 Å². The molecular weight excluding hydrogens is 632 g/mol. The van der Waals surface area contributed by atoms with E-state index in [9.17, 15) is 41.8 Å². The molecule has 0 fully saturated rings. The molecule has 0 aliphatic heterocycles. The third kappa shape index (κ3) is 21.8. The van der Waals surface area contributed by atoms with Gasteiger partial charge in [0, 0.05) is 23.2 Å². The van der Waals surface area contributed by atoms with Crippen LogP contribution in [0, 0.1) is 0 Å². The maximum Gasteiger partial charge on any atom is 0.340 e. The number of aliphatic hydroxyl groups excluding tert-OH is 2. The van der Waals surface area contributed by atoms with Gasteiger partial charge in [-0.3, -0.25) is 4.79 Å². The normalized spacial score (nSPS) is 13.8. The first-order valence-corrected chi connectivity index (χ1v) is 15.4. The molecule has 0 amide bonds. The van der Waals surface area contributed by atoms with Crippen molar-refractivity contribution in [1.82, 2.24) is 9.97 Å². The van der Waals surface area contributed by atoms with Crippen LogP contribution >= 0.6 is 22.7 Å². The van der Waals surface area contributed by atoms with Crippen LogP contribution in [-0.4, -0.2) is 89.2 Å². The van der Waals surface area contributed by atoms with Crippen LogP contribution in [0.2, 0.25) is 0 Å². The number of nitrogens with zero attached hydrogens (tertiary/aromatic N) is 2. The highest BCUT2D eigenvalue weighted by Gasteiger charge is 2.20. The number of aldehydes is 1. The van der Waals surface area contributed by atoms with Crippen LogP contribution in [0.4, 0.5) is 17.6 Å². The largest absolute Gasteiger partial charge is 0.467 e. The molecule has 0 saturated carbocycles. The van der Waals surface area contributed by atoms with Crippen LogP contribution in [0.3, 0.4) is 0 Å². The lowest BCUT2D eigenvalue weighted by Gasteiger charge is -2.09. The van der Waals surface area contributed by atoms with Crippen molar-refractivity contribution in [2.45, 2.75) is 104 Å². The minimum absolute atomic E-state index is 0.187. The summed E-state index contributed by atoms with van der Waals surface area (Å²) in [7, 11) is 2.42. The number of rotatable bonds is 12. The van der Waals surface area contributed by atoms with Crippen molar-refractivity contribution in [3.05, 3.63) is 33.2 Å². The van der Waals surface area contributed by atoms with Gasteiger partial charge in [0.05, 0.1) is 14.2 Å². The Kier molecular flexibility index (Phi) is 30.0. The Morgan fingerprint density at radius 1 is 0.795 bits per heavy atom. The molecule has 254 valence electrons. The summed E-state index contributed by atoms with van der Waals surface area (Å²) >= 11 is 2.45. The Labute approximate surface area is 263 Å². The molecular formula is C28H44F4N2O8S2. The van der Waals surface area contributed by atoms with Crippen molar-refractivity contribution < 1.29 is 56.4 Å². The van der Waals surface area contributed by atoms with Crippen LogP contribution in [0.5, 0.6) is 0 Å². The first-order valence-electron chi connectivity index (χ1n) is 13.6. The summed E-state index contributed by atoms with van der Waals surface area (Å²) in [6.45, 7) is 8.25. The third-order valence-electron chi connectivity index (χ3n) is 4.94. The molecule has 10 nitrogen and oxygen atoms in total. The van der Waals surface area contributed by atoms with Crippen LogP contribution in [0.15, 0.2) is 23.2 Å². The molecule has 6 atom stereocenters. The summed E-state index contributed by atoms with van der Waals surface area (Å²) in [5, 5.41) is 22.0. The number of alkyl halides is 4. The number of Topliss-reactive ketones (excluding diaryl/α,β-unsaturated/α-hetero) is 1. The van der Waals surface area contributed by atoms with E-state index in [1.165, 1.54) is 43.1 Å². The van der Waals surface area contributed by atoms with E-state index in [1.54, 1.807) is 51.6 Å². The summed E-state index contributed by atoms with van der Waals surface area (Å²) < 4.78 is 57.4. The molecule has 0 bridgehead atoms. The SMILES string of the molecule is CCC(F)C(=O)OC.CCC(F)C(=O)c1nccs1.CCC(F)C(O)c1nccs1.CCC(F)C=O.CCC(O)C(=O)OC. The fourth-order valence-corrected chi connectivity index (χ4v) is 3.40. The minimum atomic E-state index is -1.44. The molecule has 6 unspecified atom stereocenters. The van der Waals surface area contributed by atoms with Crippen molar-refractivity contribution in [3.63, 3.8) is 0 Å². The number of hydrogen-bond acceptors (Lipinski definition) is 12. The molecule has 0 aliphatic rings. The second kappa shape index (κ2) is 28.9. The van der Waals surface area contributed by atoms with E-state index < -0.39 is 54.6 Å². The molecule has 0 saturated heterocycles. The molecule has 44 heavy (non-hydrogen) atoms. The van der Waals surface area contributed by atoms with E-state index in [0.29, 0.717) is 30.6 Å². The van der Waals surface area contributed by atoms with E-state index in [0.717, 1.165) is 0 Å². The molecule has 2 aromatic rings. The monoisotopic (exact) mass is 676 g/mol. The topological polar surface area (TPSA) is 153 Å². The van der Waals surface area contributed by atoms with Gasteiger partial charge in [0.25, 0.3) is 0 Å². The van der Waals surface area contributed by atoms with Crippen molar-refractivity contribution in [2.24, 2.45) is 0 Å². The lowest BCUT2D eigenvalue weighted by Crippen LogP contribution is -2.20. The maximum atomic E-state index is 12.8. The van der Waals surface area contributed by atoms with E-state index in [1.807, 2.05) is 0 Å². The summed E-state index contributed by atoms with van der Waals surface area (Å²) in [6, 6.07) is 0. The first-order chi connectivity index (χ1) is 20.8. The van der Waals surface area contributed by atoms with Gasteiger partial charge in [0.1, 0.15) is 17.3 Å². The zero-order valence-electron chi connectivity index (χ0n) is 26.0. The van der Waals surface area contributed by atoms with Gasteiger partial charge in [0.2, 0.25) is 5.78 Å². The van der Waals surface area contributed by atoms with Crippen molar-refractivity contribution in [3.8, 4) is 0 Å². The number of ketones is 1. The summed E-state index contributed by atoms with van der Waals surface area (Å²) in [5.41, 5.74) is 0. The maximum absolute atomic E-state index is 12.8. The third-order valence-corrected chi connectivity index (χ3v) is 6.57. The molecule has 2 heterocycles. The van der Waals surface area contributed by atoms with E-state index >= 15 is 0 Å². The Morgan fingerprint density at radius 2 is 1.32 bits per heavy atom. The molecule has 2 N–H and O–H groups in total. The second-order valence-electron chi connectivity index (χ2n) is 8.22. The van der Waals surface area contributed by atoms with Gasteiger partial charge in [-0.15, -0.1) is 22.7 Å². The highest BCUT2D eigenvalue weighted by molar-refractivity contribution is 7.11. The average Bonchev–Trinajstić information content (AvgIpc) is 3.81. The standard InChI is InChI=1S/C7H10FNOS.C7H8FNOS.C5H9FO2.C5H10O3.C4H7FO/c2*1-2-5(8)6(10)7-9-3-4-11-7;2*1-3-4(6)5(7)8-2;1-2-4(5)3-6/h3-6,10H,2H2,1H3;3-5H,2H2,1H3;4H,3H2,1-2H3;4,6H,3H2,1-2H3;3-4H,2H2,1H3. The summed E-state index contributed by atoms with van der Waals surface area (Å²) in [4.78, 5) is 48.3. The Hall–Kier alpha value is -2.82. The first kappa shape index (κ1) is 45.6. The number of hydrogen-bond donors (Lipinski definition) is 2. The van der Waals surface area contributed by atoms with Crippen molar-refractivity contribution in [2.75, 3.05) is 14.2 Å². The number of halogens is 4. The van der Waals surface area contributed by atoms with E-state index in [4.69, 9.17) is 5.11 Å². The van der Waals surface area contributed by atoms with Crippen LogP contribution < -0.4 is 0 Å². The molecule has 2 rings (SSSR count). The number of carbonyl (C=O) groups is 4. The number of aliphatic hydroxyl groups is 2. The highest BCUT2D eigenvalue weighted by Crippen LogP contribution is 2.22. The minimum Gasteiger partial charge on any atom is -0.467 e. The fourth-order valence-electron chi connectivity index (χ4n) is 2.12. The van der Waals surface area contributed by atoms with Gasteiger partial charge >= 0.3 is 11.9 Å². The predicted octanol–water partition coefficient (Wildman–Crippen LogP) is 5.77. The Bertz CT molecular complexity index is 966. The molecule has 0 radical (unpaired) electrons. The second-order valence-corrected chi connectivity index (χ2v) is 10.0. The zero-order valence-corrected chi connectivity index (χ0v) is 27.6. The van der Waals surface area contributed by atoms with Gasteiger partial charge in [-0.2, -0.15) is 0 Å². The van der Waals surface area contributed by atoms with Crippen LogP contribution in [0.25, 0.3) is 0 Å². The number of methoxy groups -OCH3 is 2. The van der Waals surface area contributed by atoms with Crippen molar-refractivity contribution >= 4 is 46.7 Å².